The van der Waals surface area contributed by atoms with Crippen LogP contribution >= 0.6 is 28.1 Å². The number of ether oxygens (including phenoxy) is 2. The number of benzene rings is 1. The molecule has 0 unspecified atom stereocenters. The third-order valence-corrected chi connectivity index (χ3v) is 4.35. The van der Waals surface area contributed by atoms with Crippen LogP contribution < -0.4 is 10.1 Å². The van der Waals surface area contributed by atoms with Crippen LogP contribution in [0.25, 0.3) is 6.08 Å². The Morgan fingerprint density at radius 1 is 1.46 bits per heavy atom. The van der Waals surface area contributed by atoms with E-state index in [1.807, 2.05) is 6.92 Å². The summed E-state index contributed by atoms with van der Waals surface area (Å²) in [6, 6.07) is 3.34. The third kappa shape index (κ3) is 4.25. The number of hydrogen-bond donors (Lipinski definition) is 2. The Morgan fingerprint density at radius 2 is 2.21 bits per heavy atom. The number of carbonyl (C=O) groups excluding carboxylic acids is 1. The maximum Gasteiger partial charge on any atom is 0.276 e. The van der Waals surface area contributed by atoms with Gasteiger partial charge in [0.15, 0.2) is 16.6 Å². The van der Waals surface area contributed by atoms with Gasteiger partial charge in [-0.05, 0) is 65.3 Å². The molecule has 0 bridgehead atoms. The van der Waals surface area contributed by atoms with Crippen LogP contribution in [0.3, 0.4) is 0 Å². The summed E-state index contributed by atoms with van der Waals surface area (Å²) in [5.74, 6) is 0.149. The summed E-state index contributed by atoms with van der Waals surface area (Å²) in [7, 11) is 1.46. The minimum Gasteiger partial charge on any atom is -0.503 e. The zero-order valence-electron chi connectivity index (χ0n) is 13.5. The van der Waals surface area contributed by atoms with E-state index in [4.69, 9.17) is 21.7 Å². The number of nitrogens with zero attached hydrogens (tertiary/aromatic N) is 1. The Morgan fingerprint density at radius 3 is 2.88 bits per heavy atom. The SMILES string of the molecule is CCOCCCN1C(=O)/C(=C\c2cc(Br)c(O)c(OC)c2)NC1=S. The highest BCUT2D eigenvalue weighted by atomic mass is 79.9. The van der Waals surface area contributed by atoms with Gasteiger partial charge < -0.3 is 19.9 Å². The van der Waals surface area contributed by atoms with Crippen molar-refractivity contribution in [3.05, 3.63) is 27.9 Å². The Labute approximate surface area is 154 Å². The summed E-state index contributed by atoms with van der Waals surface area (Å²) in [4.78, 5) is 14.0. The summed E-state index contributed by atoms with van der Waals surface area (Å²) in [5.41, 5.74) is 1.09. The van der Waals surface area contributed by atoms with Gasteiger partial charge in [0.2, 0.25) is 0 Å². The number of phenolic OH excluding ortho intramolecular Hbond substituents is 1. The molecule has 0 aliphatic carbocycles. The summed E-state index contributed by atoms with van der Waals surface area (Å²) in [6.45, 7) is 3.67. The number of phenols is 1. The number of amides is 1. The molecule has 0 atom stereocenters. The predicted octanol–water partition coefficient (Wildman–Crippen LogP) is 2.65. The highest BCUT2D eigenvalue weighted by Gasteiger charge is 2.30. The van der Waals surface area contributed by atoms with Gasteiger partial charge in [0.1, 0.15) is 5.70 Å². The monoisotopic (exact) mass is 414 g/mol. The van der Waals surface area contributed by atoms with E-state index in [-0.39, 0.29) is 11.7 Å². The molecule has 0 aromatic heterocycles. The van der Waals surface area contributed by atoms with Crippen molar-refractivity contribution < 1.29 is 19.4 Å². The van der Waals surface area contributed by atoms with Crippen molar-refractivity contribution >= 4 is 45.2 Å². The molecule has 1 heterocycles. The molecule has 2 rings (SSSR count). The lowest BCUT2D eigenvalue weighted by molar-refractivity contribution is -0.122. The molecular formula is C16H19BrN2O4S. The first-order chi connectivity index (χ1) is 11.5. The number of nitrogens with one attached hydrogen (secondary N) is 1. The average molecular weight is 415 g/mol. The maximum absolute atomic E-state index is 12.5. The summed E-state index contributed by atoms with van der Waals surface area (Å²) in [5, 5.41) is 13.1. The molecule has 8 heteroatoms. The quantitative estimate of drug-likeness (QED) is 0.406. The number of halogens is 1. The Balaban J connectivity index is 2.15. The van der Waals surface area contributed by atoms with Gasteiger partial charge in [-0.15, -0.1) is 0 Å². The molecule has 1 aliphatic rings. The highest BCUT2D eigenvalue weighted by Crippen LogP contribution is 2.35. The number of carbonyl (C=O) groups is 1. The molecule has 1 aromatic rings. The molecule has 1 amide bonds. The molecule has 1 saturated heterocycles. The first-order valence-electron chi connectivity index (χ1n) is 7.46. The number of thiocarbonyl (C=S) groups is 1. The summed E-state index contributed by atoms with van der Waals surface area (Å²) in [6.07, 6.45) is 2.39. The van der Waals surface area contributed by atoms with Crippen LogP contribution in [0, 0.1) is 0 Å². The van der Waals surface area contributed by atoms with Crippen molar-refractivity contribution in [2.45, 2.75) is 13.3 Å². The molecule has 24 heavy (non-hydrogen) atoms. The van der Waals surface area contributed by atoms with Crippen molar-refractivity contribution in [1.82, 2.24) is 10.2 Å². The summed E-state index contributed by atoms with van der Waals surface area (Å²) >= 11 is 8.48. The highest BCUT2D eigenvalue weighted by molar-refractivity contribution is 9.10. The van der Waals surface area contributed by atoms with E-state index in [2.05, 4.69) is 21.2 Å². The molecule has 1 fully saturated rings. The molecule has 130 valence electrons. The molecule has 0 radical (unpaired) electrons. The zero-order chi connectivity index (χ0) is 17.7. The van der Waals surface area contributed by atoms with Crippen molar-refractivity contribution in [3.8, 4) is 11.5 Å². The molecule has 0 saturated carbocycles. The van der Waals surface area contributed by atoms with Crippen molar-refractivity contribution in [3.63, 3.8) is 0 Å². The van der Waals surface area contributed by atoms with Crippen LogP contribution in [0.2, 0.25) is 0 Å². The second-order valence-corrected chi connectivity index (χ2v) is 6.29. The fourth-order valence-corrected chi connectivity index (χ4v) is 2.99. The van der Waals surface area contributed by atoms with Gasteiger partial charge in [-0.3, -0.25) is 9.69 Å². The second-order valence-electron chi connectivity index (χ2n) is 5.05. The van der Waals surface area contributed by atoms with E-state index in [1.165, 1.54) is 12.0 Å². The van der Waals surface area contributed by atoms with Gasteiger partial charge in [-0.2, -0.15) is 0 Å². The maximum atomic E-state index is 12.5. The first-order valence-corrected chi connectivity index (χ1v) is 8.66. The van der Waals surface area contributed by atoms with E-state index >= 15 is 0 Å². The van der Waals surface area contributed by atoms with Gasteiger partial charge in [-0.1, -0.05) is 0 Å². The van der Waals surface area contributed by atoms with E-state index in [1.54, 1.807) is 18.2 Å². The molecular weight excluding hydrogens is 396 g/mol. The number of hydrogen-bond acceptors (Lipinski definition) is 5. The van der Waals surface area contributed by atoms with Crippen LogP contribution in [-0.4, -0.2) is 47.9 Å². The fraction of sp³-hybridized carbons (Fsp3) is 0.375. The molecule has 1 aliphatic heterocycles. The lowest BCUT2D eigenvalue weighted by Gasteiger charge is -2.13. The third-order valence-electron chi connectivity index (χ3n) is 3.42. The van der Waals surface area contributed by atoms with Crippen LogP contribution in [0.15, 0.2) is 22.3 Å². The molecule has 0 spiro atoms. The molecule has 6 nitrogen and oxygen atoms in total. The first kappa shape index (κ1) is 18.7. The number of aromatic hydroxyl groups is 1. The van der Waals surface area contributed by atoms with E-state index in [0.29, 0.717) is 52.8 Å². The van der Waals surface area contributed by atoms with Gasteiger partial charge in [0.05, 0.1) is 11.6 Å². The fourth-order valence-electron chi connectivity index (χ4n) is 2.24. The van der Waals surface area contributed by atoms with Gasteiger partial charge >= 0.3 is 0 Å². The van der Waals surface area contributed by atoms with Crippen LogP contribution in [-0.2, 0) is 9.53 Å². The van der Waals surface area contributed by atoms with Crippen molar-refractivity contribution in [2.75, 3.05) is 26.9 Å². The molecule has 1 aromatic carbocycles. The van der Waals surface area contributed by atoms with Gasteiger partial charge in [0, 0.05) is 19.8 Å². The largest absolute Gasteiger partial charge is 0.503 e. The average Bonchev–Trinajstić information content (AvgIpc) is 2.81. The predicted molar refractivity (Wildman–Crippen MR) is 98.9 cm³/mol. The van der Waals surface area contributed by atoms with E-state index in [0.717, 1.165) is 0 Å². The Bertz CT molecular complexity index is 678. The Kier molecular flexibility index (Phi) is 6.59. The number of methoxy groups -OCH3 is 1. The smallest absolute Gasteiger partial charge is 0.276 e. The molecule has 2 N–H and O–H groups in total. The zero-order valence-corrected chi connectivity index (χ0v) is 15.9. The lowest BCUT2D eigenvalue weighted by Crippen LogP contribution is -2.32. The van der Waals surface area contributed by atoms with E-state index in [9.17, 15) is 9.90 Å². The second kappa shape index (κ2) is 8.46. The minimum atomic E-state index is -0.181. The standard InChI is InChI=1S/C16H19BrN2O4S/c1-3-23-6-4-5-19-15(21)12(18-16(19)24)8-10-7-11(17)14(20)13(9-10)22-2/h7-9,20H,3-6H2,1-2H3,(H,18,24)/b12-8+. The summed E-state index contributed by atoms with van der Waals surface area (Å²) < 4.78 is 10.9. The van der Waals surface area contributed by atoms with Crippen molar-refractivity contribution in [2.24, 2.45) is 0 Å². The van der Waals surface area contributed by atoms with Crippen LogP contribution in [0.4, 0.5) is 0 Å². The topological polar surface area (TPSA) is 71.0 Å². The van der Waals surface area contributed by atoms with E-state index < -0.39 is 0 Å². The van der Waals surface area contributed by atoms with Gasteiger partial charge in [-0.25, -0.2) is 0 Å². The lowest BCUT2D eigenvalue weighted by atomic mass is 10.1. The number of rotatable bonds is 7. The van der Waals surface area contributed by atoms with Crippen LogP contribution in [0.5, 0.6) is 11.5 Å². The Hall–Kier alpha value is -1.64. The minimum absolute atomic E-state index is 0.0124. The van der Waals surface area contributed by atoms with Crippen LogP contribution in [0.1, 0.15) is 18.9 Å². The van der Waals surface area contributed by atoms with Crippen molar-refractivity contribution in [1.29, 1.82) is 0 Å². The van der Waals surface area contributed by atoms with Gasteiger partial charge in [0.25, 0.3) is 5.91 Å². The normalized spacial score (nSPS) is 16.0.